The van der Waals surface area contributed by atoms with Gasteiger partial charge in [-0.05, 0) is 67.5 Å². The fraction of sp³-hybridized carbons (Fsp3) is 0.423. The van der Waals surface area contributed by atoms with E-state index in [0.717, 1.165) is 47.9 Å². The number of halogens is 3. The first-order valence-electron chi connectivity index (χ1n) is 12.3. The lowest BCUT2D eigenvalue weighted by atomic mass is 9.90. The van der Waals surface area contributed by atoms with E-state index in [2.05, 4.69) is 15.0 Å². The fourth-order valence-electron chi connectivity index (χ4n) is 4.91. The molecule has 11 heteroatoms. The highest BCUT2D eigenvalue weighted by atomic mass is 32.1. The van der Waals surface area contributed by atoms with Crippen molar-refractivity contribution in [2.45, 2.75) is 50.0 Å². The molecule has 196 valence electrons. The average molecular weight is 533 g/mol. The lowest BCUT2D eigenvalue weighted by Gasteiger charge is -2.45. The minimum absolute atomic E-state index is 0.0112. The van der Waals surface area contributed by atoms with E-state index in [1.165, 1.54) is 23.7 Å². The molecule has 0 spiro atoms. The summed E-state index contributed by atoms with van der Waals surface area (Å²) in [5.41, 5.74) is -1.04. The zero-order valence-corrected chi connectivity index (χ0v) is 20.8. The van der Waals surface area contributed by atoms with Crippen LogP contribution < -0.4 is 15.4 Å². The van der Waals surface area contributed by atoms with Crippen LogP contribution in [0.15, 0.2) is 48.5 Å². The molecule has 0 atom stereocenters. The van der Waals surface area contributed by atoms with E-state index in [9.17, 15) is 22.8 Å². The smallest absolute Gasteiger partial charge is 0.416 e. The number of hydrogen-bond donors (Lipinski definition) is 2. The maximum atomic E-state index is 13.2. The normalized spacial score (nSPS) is 20.3. The van der Waals surface area contributed by atoms with Crippen LogP contribution in [0, 0.1) is 0 Å². The molecule has 0 bridgehead atoms. The third-order valence-electron chi connectivity index (χ3n) is 6.95. The summed E-state index contributed by atoms with van der Waals surface area (Å²) in [5.74, 6) is -0.294. The molecule has 2 fully saturated rings. The van der Waals surface area contributed by atoms with Crippen LogP contribution in [0.3, 0.4) is 0 Å². The van der Waals surface area contributed by atoms with E-state index in [4.69, 9.17) is 4.74 Å². The topological polar surface area (TPSA) is 83.6 Å². The first kappa shape index (κ1) is 25.5. The SMILES string of the molecule is O=C(NCC(=O)N(C1CCC(Oc2nsc3ccccc23)CC1)C1CNC1)c1cccc(C(F)(F)F)c1. The van der Waals surface area contributed by atoms with Gasteiger partial charge in [-0.2, -0.15) is 17.5 Å². The number of carbonyl (C=O) groups is 2. The van der Waals surface area contributed by atoms with E-state index in [-0.39, 0.29) is 36.2 Å². The summed E-state index contributed by atoms with van der Waals surface area (Å²) in [6, 6.07) is 12.2. The second-order valence-corrected chi connectivity index (χ2v) is 10.2. The average Bonchev–Trinajstić information content (AvgIpc) is 3.27. The molecule has 2 heterocycles. The molecule has 2 amide bonds. The third kappa shape index (κ3) is 5.72. The summed E-state index contributed by atoms with van der Waals surface area (Å²) in [7, 11) is 0. The number of nitrogens with one attached hydrogen (secondary N) is 2. The van der Waals surface area contributed by atoms with Crippen molar-refractivity contribution in [1.29, 1.82) is 0 Å². The second-order valence-electron chi connectivity index (χ2n) is 9.41. The van der Waals surface area contributed by atoms with Crippen molar-refractivity contribution in [3.05, 3.63) is 59.7 Å². The zero-order chi connectivity index (χ0) is 26.0. The highest BCUT2D eigenvalue weighted by Gasteiger charge is 2.37. The van der Waals surface area contributed by atoms with E-state index >= 15 is 0 Å². The predicted molar refractivity (Wildman–Crippen MR) is 134 cm³/mol. The van der Waals surface area contributed by atoms with E-state index in [1.807, 2.05) is 29.2 Å². The van der Waals surface area contributed by atoms with Gasteiger partial charge < -0.3 is 20.3 Å². The Morgan fingerprint density at radius 2 is 1.81 bits per heavy atom. The summed E-state index contributed by atoms with van der Waals surface area (Å²) in [6.45, 7) is 1.08. The molecule has 0 radical (unpaired) electrons. The Hall–Kier alpha value is -3.18. The van der Waals surface area contributed by atoms with Gasteiger partial charge in [-0.25, -0.2) is 0 Å². The lowest BCUT2D eigenvalue weighted by Crippen LogP contribution is -2.63. The number of carbonyl (C=O) groups excluding carboxylic acids is 2. The number of fused-ring (bicyclic) bond motifs is 1. The maximum Gasteiger partial charge on any atom is 0.416 e. The second kappa shape index (κ2) is 10.7. The molecule has 2 aliphatic rings. The van der Waals surface area contributed by atoms with Crippen molar-refractivity contribution in [1.82, 2.24) is 19.9 Å². The predicted octanol–water partition coefficient (Wildman–Crippen LogP) is 4.24. The molecule has 3 aromatic rings. The summed E-state index contributed by atoms with van der Waals surface area (Å²) < 4.78 is 50.7. The number of nitrogens with zero attached hydrogens (tertiary/aromatic N) is 2. The van der Waals surface area contributed by atoms with Gasteiger partial charge in [0.2, 0.25) is 11.8 Å². The van der Waals surface area contributed by atoms with Crippen LogP contribution in [0.5, 0.6) is 5.88 Å². The van der Waals surface area contributed by atoms with Crippen molar-refractivity contribution in [3.63, 3.8) is 0 Å². The fourth-order valence-corrected chi connectivity index (χ4v) is 5.62. The van der Waals surface area contributed by atoms with Gasteiger partial charge >= 0.3 is 6.18 Å². The van der Waals surface area contributed by atoms with Gasteiger partial charge in [0.1, 0.15) is 6.10 Å². The Balaban J connectivity index is 1.18. The number of benzene rings is 2. The van der Waals surface area contributed by atoms with Crippen LogP contribution >= 0.6 is 11.5 Å². The zero-order valence-electron chi connectivity index (χ0n) is 20.0. The van der Waals surface area contributed by atoms with E-state index < -0.39 is 17.6 Å². The van der Waals surface area contributed by atoms with Gasteiger partial charge in [0.25, 0.3) is 5.91 Å². The van der Waals surface area contributed by atoms with Crippen molar-refractivity contribution in [3.8, 4) is 5.88 Å². The minimum Gasteiger partial charge on any atom is -0.473 e. The van der Waals surface area contributed by atoms with Gasteiger partial charge in [-0.15, -0.1) is 0 Å². The molecule has 1 aliphatic heterocycles. The molecule has 37 heavy (non-hydrogen) atoms. The van der Waals surface area contributed by atoms with Gasteiger partial charge in [0.05, 0.1) is 28.2 Å². The molecule has 1 aromatic heterocycles. The molecule has 1 aliphatic carbocycles. The Morgan fingerprint density at radius 3 is 2.51 bits per heavy atom. The molecule has 1 saturated heterocycles. The van der Waals surface area contributed by atoms with Crippen LogP contribution in [0.25, 0.3) is 10.1 Å². The monoisotopic (exact) mass is 532 g/mol. The van der Waals surface area contributed by atoms with Crippen molar-refractivity contribution in [2.24, 2.45) is 0 Å². The lowest BCUT2D eigenvalue weighted by molar-refractivity contribution is -0.138. The van der Waals surface area contributed by atoms with Crippen molar-refractivity contribution in [2.75, 3.05) is 19.6 Å². The minimum atomic E-state index is -4.55. The summed E-state index contributed by atoms with van der Waals surface area (Å²) >= 11 is 1.41. The van der Waals surface area contributed by atoms with Crippen LogP contribution in [-0.2, 0) is 11.0 Å². The van der Waals surface area contributed by atoms with Crippen LogP contribution in [0.4, 0.5) is 13.2 Å². The number of hydrogen-bond acceptors (Lipinski definition) is 6. The molecular formula is C26H27F3N4O3S. The summed E-state index contributed by atoms with van der Waals surface area (Å²) in [5, 5.41) is 6.69. The molecule has 5 rings (SSSR count). The number of alkyl halides is 3. The number of amides is 2. The maximum absolute atomic E-state index is 13.2. The molecule has 1 saturated carbocycles. The van der Waals surface area contributed by atoms with Crippen LogP contribution in [0.1, 0.15) is 41.6 Å². The Morgan fingerprint density at radius 1 is 1.05 bits per heavy atom. The molecular weight excluding hydrogens is 505 g/mol. The van der Waals surface area contributed by atoms with Gasteiger partial charge in [0.15, 0.2) is 0 Å². The van der Waals surface area contributed by atoms with Gasteiger partial charge in [-0.1, -0.05) is 18.2 Å². The van der Waals surface area contributed by atoms with Crippen LogP contribution in [0.2, 0.25) is 0 Å². The van der Waals surface area contributed by atoms with Crippen molar-refractivity contribution < 1.29 is 27.5 Å². The van der Waals surface area contributed by atoms with Crippen LogP contribution in [-0.4, -0.2) is 58.9 Å². The molecule has 2 N–H and O–H groups in total. The summed E-state index contributed by atoms with van der Waals surface area (Å²) in [4.78, 5) is 27.5. The highest BCUT2D eigenvalue weighted by Crippen LogP contribution is 2.33. The number of rotatable bonds is 7. The Kier molecular flexibility index (Phi) is 7.34. The largest absolute Gasteiger partial charge is 0.473 e. The quantitative estimate of drug-likeness (QED) is 0.476. The highest BCUT2D eigenvalue weighted by molar-refractivity contribution is 7.13. The van der Waals surface area contributed by atoms with Crippen molar-refractivity contribution >= 4 is 33.4 Å². The number of ether oxygens (including phenoxy) is 1. The Labute approximate surface area is 216 Å². The number of aromatic nitrogens is 1. The first-order valence-corrected chi connectivity index (χ1v) is 13.1. The summed E-state index contributed by atoms with van der Waals surface area (Å²) in [6.07, 6.45) is -1.46. The molecule has 7 nitrogen and oxygen atoms in total. The third-order valence-corrected chi connectivity index (χ3v) is 7.76. The Bertz CT molecular complexity index is 1270. The van der Waals surface area contributed by atoms with E-state index in [1.54, 1.807) is 0 Å². The molecule has 0 unspecified atom stereocenters. The van der Waals surface area contributed by atoms with E-state index in [0.29, 0.717) is 19.0 Å². The van der Waals surface area contributed by atoms with Gasteiger partial charge in [-0.3, -0.25) is 9.59 Å². The standard InChI is InChI=1S/C26H27F3N4O3S/c27-26(28,29)17-5-3-4-16(12-17)24(35)31-15-23(34)33(19-13-30-14-19)18-8-10-20(11-9-18)36-25-21-6-1-2-7-22(21)37-32-25/h1-7,12,18-20,30H,8-11,13-15H2,(H,31,35). The first-order chi connectivity index (χ1) is 17.8. The molecule has 2 aromatic carbocycles. The van der Waals surface area contributed by atoms with Gasteiger partial charge in [0, 0.05) is 24.7 Å².